The Morgan fingerprint density at radius 1 is 0.870 bits per heavy atom. The topological polar surface area (TPSA) is 158 Å². The van der Waals surface area contributed by atoms with Crippen molar-refractivity contribution in [3.05, 3.63) is 78.4 Å². The van der Waals surface area contributed by atoms with Crippen LogP contribution in [0.2, 0.25) is 0 Å². The van der Waals surface area contributed by atoms with E-state index in [-0.39, 0.29) is 29.8 Å². The average Bonchev–Trinajstić information content (AvgIpc) is 4.03. The minimum Gasteiger partial charge on any atom is -0.453 e. The molecule has 8 rings (SSSR count). The number of H-pyrrole nitrogens is 2. The number of hydrogen-bond acceptors (Lipinski definition) is 8. The number of fused-ring (bicyclic) bond motifs is 1. The molecule has 3 N–H and O–H groups in total. The molecule has 54 heavy (non-hydrogen) atoms. The number of nitrogens with one attached hydrogen (secondary N) is 3. The number of pyridine rings is 1. The summed E-state index contributed by atoms with van der Waals surface area (Å²) < 4.78 is 26.1. The van der Waals surface area contributed by atoms with Crippen LogP contribution in [0.5, 0.6) is 0 Å². The molecule has 0 saturated carbocycles. The molecule has 3 amide bonds. The zero-order valence-electron chi connectivity index (χ0n) is 30.3. The highest BCUT2D eigenvalue weighted by atomic mass is 19.1. The summed E-state index contributed by atoms with van der Waals surface area (Å²) in [6, 6.07) is 13.6. The number of amides is 3. The van der Waals surface area contributed by atoms with Gasteiger partial charge in [0.15, 0.2) is 0 Å². The Hall–Kier alpha value is -5.63. The number of nitrogens with zero attached hydrogens (tertiary/aromatic N) is 5. The molecule has 0 aliphatic carbocycles. The van der Waals surface area contributed by atoms with Crippen molar-refractivity contribution in [1.82, 2.24) is 40.0 Å². The van der Waals surface area contributed by atoms with Crippen molar-refractivity contribution in [1.29, 1.82) is 0 Å². The third-order valence-corrected chi connectivity index (χ3v) is 11.0. The van der Waals surface area contributed by atoms with Crippen LogP contribution in [-0.4, -0.2) is 92.1 Å². The van der Waals surface area contributed by atoms with Gasteiger partial charge < -0.3 is 34.6 Å². The Kier molecular flexibility index (Phi) is 9.84. The summed E-state index contributed by atoms with van der Waals surface area (Å²) in [6.45, 7) is 3.95. The fourth-order valence-electron chi connectivity index (χ4n) is 8.18. The molecule has 0 radical (unpaired) electrons. The van der Waals surface area contributed by atoms with Crippen molar-refractivity contribution < 1.29 is 28.2 Å². The van der Waals surface area contributed by atoms with E-state index in [0.717, 1.165) is 53.8 Å². The standard InChI is InChI=1S/C40H43FN8O5/c1-23(50)48-15-3-5-34(48)37-42-21-32(45-37)26-8-11-30-25(19-26)9-12-31(44-30)28-10-7-27(20-29(28)41)33-22-43-38(46-33)35-6-4-16-49(35)39(51)36(47-40(52)53-2)24-13-17-54-18-14-24/h7-12,19-22,24,34-36H,3-6,13-18H2,1-2H3,(H,42,45)(H,43,46)(H,47,52)/t34-,35-,36-/m0/s1. The van der Waals surface area contributed by atoms with Crippen LogP contribution in [0.4, 0.5) is 9.18 Å². The highest BCUT2D eigenvalue weighted by molar-refractivity contribution is 5.87. The molecule has 3 fully saturated rings. The second-order valence-electron chi connectivity index (χ2n) is 14.3. The fourth-order valence-corrected chi connectivity index (χ4v) is 8.18. The number of likely N-dealkylation sites (tertiary alicyclic amines) is 2. The first-order valence-corrected chi connectivity index (χ1v) is 18.6. The molecule has 0 bridgehead atoms. The van der Waals surface area contributed by atoms with Crippen molar-refractivity contribution in [3.8, 4) is 33.8 Å². The van der Waals surface area contributed by atoms with Crippen molar-refractivity contribution >= 4 is 28.8 Å². The van der Waals surface area contributed by atoms with E-state index in [1.54, 1.807) is 30.3 Å². The Labute approximate surface area is 311 Å². The summed E-state index contributed by atoms with van der Waals surface area (Å²) in [6.07, 6.45) is 7.49. The van der Waals surface area contributed by atoms with E-state index >= 15 is 4.39 Å². The van der Waals surface area contributed by atoms with E-state index in [0.29, 0.717) is 67.4 Å². The number of aromatic nitrogens is 5. The number of rotatable bonds is 8. The Morgan fingerprint density at radius 3 is 2.19 bits per heavy atom. The maximum Gasteiger partial charge on any atom is 0.407 e. The third-order valence-electron chi connectivity index (χ3n) is 11.0. The Balaban J connectivity index is 0.977. The summed E-state index contributed by atoms with van der Waals surface area (Å²) in [5.41, 5.74) is 4.67. The van der Waals surface area contributed by atoms with Gasteiger partial charge in [-0.15, -0.1) is 0 Å². The summed E-state index contributed by atoms with van der Waals surface area (Å²) in [5, 5.41) is 3.68. The van der Waals surface area contributed by atoms with Crippen LogP contribution < -0.4 is 5.32 Å². The maximum atomic E-state index is 15.8. The number of carbonyl (C=O) groups is 3. The molecule has 5 aromatic rings. The number of ether oxygens (including phenoxy) is 2. The number of hydrogen-bond donors (Lipinski definition) is 3. The van der Waals surface area contributed by atoms with Gasteiger partial charge in [0.1, 0.15) is 23.5 Å². The SMILES string of the molecule is COC(=O)N[C@H](C(=O)N1CCC[C@H]1c1ncc(-c2ccc(-c3ccc4cc(-c5cnc([C@@H]6CCCN6C(C)=O)[nH]5)ccc4n3)c(F)c2)[nH]1)C1CCOCC1. The van der Waals surface area contributed by atoms with Crippen LogP contribution in [-0.2, 0) is 19.1 Å². The van der Waals surface area contributed by atoms with E-state index in [9.17, 15) is 14.4 Å². The molecule has 2 aromatic carbocycles. The number of alkyl carbamates (subject to hydrolysis) is 1. The first kappa shape index (κ1) is 35.4. The smallest absolute Gasteiger partial charge is 0.407 e. The van der Waals surface area contributed by atoms with Gasteiger partial charge in [0.2, 0.25) is 11.8 Å². The largest absolute Gasteiger partial charge is 0.453 e. The summed E-state index contributed by atoms with van der Waals surface area (Å²) in [4.78, 5) is 62.6. The summed E-state index contributed by atoms with van der Waals surface area (Å²) >= 11 is 0. The molecule has 3 aliphatic rings. The maximum absolute atomic E-state index is 15.8. The lowest BCUT2D eigenvalue weighted by molar-refractivity contribution is -0.136. The summed E-state index contributed by atoms with van der Waals surface area (Å²) in [5.74, 6) is 0.805. The molecule has 3 aliphatic heterocycles. The van der Waals surface area contributed by atoms with Crippen LogP contribution in [0.1, 0.15) is 69.2 Å². The van der Waals surface area contributed by atoms with Gasteiger partial charge >= 0.3 is 6.09 Å². The monoisotopic (exact) mass is 734 g/mol. The Bertz CT molecular complexity index is 2200. The number of methoxy groups -OCH3 is 1. The van der Waals surface area contributed by atoms with Gasteiger partial charge in [-0.25, -0.2) is 24.1 Å². The van der Waals surface area contributed by atoms with E-state index in [4.69, 9.17) is 14.5 Å². The van der Waals surface area contributed by atoms with Crippen LogP contribution in [0.25, 0.3) is 44.7 Å². The van der Waals surface area contributed by atoms with Crippen molar-refractivity contribution in [3.63, 3.8) is 0 Å². The highest BCUT2D eigenvalue weighted by Gasteiger charge is 2.40. The predicted octanol–water partition coefficient (Wildman–Crippen LogP) is 6.32. The van der Waals surface area contributed by atoms with E-state index in [2.05, 4.69) is 25.3 Å². The van der Waals surface area contributed by atoms with Gasteiger partial charge in [-0.05, 0) is 74.8 Å². The van der Waals surface area contributed by atoms with Gasteiger partial charge in [0.05, 0.1) is 54.2 Å². The third kappa shape index (κ3) is 6.93. The number of aromatic amines is 2. The molecule has 0 unspecified atom stereocenters. The normalized spacial score (nSPS) is 19.7. The van der Waals surface area contributed by atoms with E-state index in [1.807, 2.05) is 41.3 Å². The molecule has 13 nitrogen and oxygen atoms in total. The molecule has 3 saturated heterocycles. The van der Waals surface area contributed by atoms with Gasteiger partial charge in [0, 0.05) is 55.3 Å². The van der Waals surface area contributed by atoms with Crippen LogP contribution in [0.3, 0.4) is 0 Å². The molecule has 14 heteroatoms. The first-order valence-electron chi connectivity index (χ1n) is 18.6. The minimum atomic E-state index is -0.726. The van der Waals surface area contributed by atoms with Crippen molar-refractivity contribution in [2.24, 2.45) is 5.92 Å². The van der Waals surface area contributed by atoms with Gasteiger partial charge in [-0.2, -0.15) is 0 Å². The fraction of sp³-hybridized carbons (Fsp3) is 0.400. The molecular weight excluding hydrogens is 691 g/mol. The molecular formula is C40H43FN8O5. The van der Waals surface area contributed by atoms with Gasteiger partial charge in [-0.3, -0.25) is 9.59 Å². The number of halogens is 1. The Morgan fingerprint density at radius 2 is 1.52 bits per heavy atom. The lowest BCUT2D eigenvalue weighted by atomic mass is 9.90. The van der Waals surface area contributed by atoms with E-state index < -0.39 is 18.0 Å². The lowest BCUT2D eigenvalue weighted by Gasteiger charge is -2.34. The van der Waals surface area contributed by atoms with E-state index in [1.165, 1.54) is 13.2 Å². The van der Waals surface area contributed by atoms with Crippen LogP contribution in [0.15, 0.2) is 60.9 Å². The second-order valence-corrected chi connectivity index (χ2v) is 14.3. The lowest BCUT2D eigenvalue weighted by Crippen LogP contribution is -2.53. The van der Waals surface area contributed by atoms with Crippen molar-refractivity contribution in [2.45, 2.75) is 63.6 Å². The van der Waals surface area contributed by atoms with Crippen LogP contribution >= 0.6 is 0 Å². The van der Waals surface area contributed by atoms with Gasteiger partial charge in [-0.1, -0.05) is 18.2 Å². The summed E-state index contributed by atoms with van der Waals surface area (Å²) in [7, 11) is 1.29. The highest BCUT2D eigenvalue weighted by Crippen LogP contribution is 2.36. The molecule has 6 heterocycles. The molecule has 280 valence electrons. The average molecular weight is 735 g/mol. The zero-order chi connectivity index (χ0) is 37.3. The zero-order valence-corrected chi connectivity index (χ0v) is 30.3. The van der Waals surface area contributed by atoms with Crippen LogP contribution in [0, 0.1) is 11.7 Å². The number of carbonyl (C=O) groups excluding carboxylic acids is 3. The molecule has 3 aromatic heterocycles. The molecule has 0 spiro atoms. The van der Waals surface area contributed by atoms with Gasteiger partial charge in [0.25, 0.3) is 0 Å². The van der Waals surface area contributed by atoms with Crippen molar-refractivity contribution in [2.75, 3.05) is 33.4 Å². The predicted molar refractivity (Wildman–Crippen MR) is 198 cm³/mol. The second kappa shape index (κ2) is 15.0. The number of benzene rings is 2. The molecule has 3 atom stereocenters. The minimum absolute atomic E-state index is 0.0376. The first-order chi connectivity index (χ1) is 26.3. The number of imidazole rings is 2. The quantitative estimate of drug-likeness (QED) is 0.167.